The van der Waals surface area contributed by atoms with E-state index in [9.17, 15) is 19.2 Å². The van der Waals surface area contributed by atoms with Crippen molar-refractivity contribution in [3.8, 4) is 0 Å². The Balaban J connectivity index is 1.57. The lowest BCUT2D eigenvalue weighted by atomic mass is 9.69. The fourth-order valence-electron chi connectivity index (χ4n) is 4.11. The second kappa shape index (κ2) is 5.26. The molecule has 1 aliphatic carbocycles. The highest BCUT2D eigenvalue weighted by Crippen LogP contribution is 2.44. The van der Waals surface area contributed by atoms with E-state index in [1.54, 1.807) is 12.1 Å². The summed E-state index contributed by atoms with van der Waals surface area (Å²) < 4.78 is 9.37. The van der Waals surface area contributed by atoms with E-state index in [1.807, 2.05) is 13.0 Å². The van der Waals surface area contributed by atoms with Crippen molar-refractivity contribution >= 4 is 23.9 Å². The SMILES string of the molecule is CC(c1ccc2c(c1)C(=O)OC2=O)C1CCC2C(=O)OC(=O)C2C1. The summed E-state index contributed by atoms with van der Waals surface area (Å²) in [5, 5.41) is 0. The summed E-state index contributed by atoms with van der Waals surface area (Å²) in [6.45, 7) is 2.04. The Morgan fingerprint density at radius 3 is 2.42 bits per heavy atom. The molecule has 1 saturated carbocycles. The van der Waals surface area contributed by atoms with Gasteiger partial charge in [0.05, 0.1) is 23.0 Å². The molecule has 3 aliphatic rings. The van der Waals surface area contributed by atoms with Crippen molar-refractivity contribution in [2.24, 2.45) is 17.8 Å². The predicted molar refractivity (Wildman–Crippen MR) is 80.0 cm³/mol. The molecule has 1 aromatic rings. The van der Waals surface area contributed by atoms with E-state index in [0.717, 1.165) is 12.0 Å². The summed E-state index contributed by atoms with van der Waals surface area (Å²) in [6, 6.07) is 5.15. The van der Waals surface area contributed by atoms with Gasteiger partial charge in [0.2, 0.25) is 0 Å². The van der Waals surface area contributed by atoms with Crippen LogP contribution < -0.4 is 0 Å². The van der Waals surface area contributed by atoms with Gasteiger partial charge in [0, 0.05) is 0 Å². The van der Waals surface area contributed by atoms with E-state index in [2.05, 4.69) is 4.74 Å². The van der Waals surface area contributed by atoms with Gasteiger partial charge in [0.1, 0.15) is 0 Å². The number of esters is 4. The summed E-state index contributed by atoms with van der Waals surface area (Å²) in [4.78, 5) is 46.7. The number of fused-ring (bicyclic) bond motifs is 2. The van der Waals surface area contributed by atoms with Crippen molar-refractivity contribution in [2.75, 3.05) is 0 Å². The van der Waals surface area contributed by atoms with Gasteiger partial charge in [-0.3, -0.25) is 9.59 Å². The van der Waals surface area contributed by atoms with Gasteiger partial charge >= 0.3 is 23.9 Å². The minimum atomic E-state index is -0.613. The van der Waals surface area contributed by atoms with Gasteiger partial charge in [-0.25, -0.2) is 9.59 Å². The maximum Gasteiger partial charge on any atom is 0.346 e. The van der Waals surface area contributed by atoms with E-state index in [-0.39, 0.29) is 23.7 Å². The van der Waals surface area contributed by atoms with Gasteiger partial charge in [-0.05, 0) is 48.8 Å². The average Bonchev–Trinajstić information content (AvgIpc) is 3.02. The van der Waals surface area contributed by atoms with E-state index in [0.29, 0.717) is 24.0 Å². The minimum Gasteiger partial charge on any atom is -0.393 e. The molecule has 0 bridgehead atoms. The van der Waals surface area contributed by atoms with Crippen molar-refractivity contribution in [2.45, 2.75) is 32.1 Å². The molecule has 0 spiro atoms. The normalized spacial score (nSPS) is 29.8. The third kappa shape index (κ3) is 2.17. The second-order valence-corrected chi connectivity index (χ2v) is 6.80. The predicted octanol–water partition coefficient (Wildman–Crippen LogP) is 2.22. The summed E-state index contributed by atoms with van der Waals surface area (Å²) in [6.07, 6.45) is 2.08. The summed E-state index contributed by atoms with van der Waals surface area (Å²) in [7, 11) is 0. The molecular weight excluding hydrogens is 312 g/mol. The molecular formula is C18H16O6. The molecule has 1 saturated heterocycles. The van der Waals surface area contributed by atoms with Crippen LogP contribution in [0.1, 0.15) is 58.4 Å². The Kier molecular flexibility index (Phi) is 3.30. The van der Waals surface area contributed by atoms with Crippen LogP contribution >= 0.6 is 0 Å². The standard InChI is InChI=1S/C18H16O6/c1-8(9-2-4-11-13(6-9)17(21)23-15(11)19)10-3-5-12-14(7-10)18(22)24-16(12)20/h2,4,6,8,10,12,14H,3,5,7H2,1H3. The molecule has 4 unspecified atom stereocenters. The van der Waals surface area contributed by atoms with Crippen molar-refractivity contribution in [1.29, 1.82) is 0 Å². The van der Waals surface area contributed by atoms with Crippen molar-refractivity contribution in [1.82, 2.24) is 0 Å². The first-order chi connectivity index (χ1) is 11.5. The molecule has 0 radical (unpaired) electrons. The maximum atomic E-state index is 11.8. The van der Waals surface area contributed by atoms with Gasteiger partial charge in [0.15, 0.2) is 0 Å². The van der Waals surface area contributed by atoms with Crippen molar-refractivity contribution in [3.05, 3.63) is 34.9 Å². The Morgan fingerprint density at radius 1 is 0.917 bits per heavy atom. The molecule has 2 heterocycles. The zero-order chi connectivity index (χ0) is 17.0. The Bertz CT molecular complexity index is 780. The molecule has 0 amide bonds. The van der Waals surface area contributed by atoms with Crippen LogP contribution in [0.4, 0.5) is 0 Å². The van der Waals surface area contributed by atoms with E-state index >= 15 is 0 Å². The first kappa shape index (κ1) is 15.1. The highest BCUT2D eigenvalue weighted by molar-refractivity contribution is 6.14. The lowest BCUT2D eigenvalue weighted by molar-refractivity contribution is -0.153. The fraction of sp³-hybridized carbons (Fsp3) is 0.444. The van der Waals surface area contributed by atoms with E-state index in [1.165, 1.54) is 0 Å². The molecule has 0 aromatic heterocycles. The molecule has 6 nitrogen and oxygen atoms in total. The number of hydrogen-bond acceptors (Lipinski definition) is 6. The third-order valence-corrected chi connectivity index (χ3v) is 5.60. The number of hydrogen-bond donors (Lipinski definition) is 0. The maximum absolute atomic E-state index is 11.8. The number of benzene rings is 1. The van der Waals surface area contributed by atoms with E-state index in [4.69, 9.17) is 4.74 Å². The van der Waals surface area contributed by atoms with Crippen LogP contribution in [0.5, 0.6) is 0 Å². The molecule has 2 fully saturated rings. The first-order valence-corrected chi connectivity index (χ1v) is 8.11. The van der Waals surface area contributed by atoms with Crippen LogP contribution in [0.15, 0.2) is 18.2 Å². The molecule has 0 N–H and O–H groups in total. The molecule has 6 heteroatoms. The molecule has 2 aliphatic heterocycles. The fourth-order valence-corrected chi connectivity index (χ4v) is 4.11. The highest BCUT2D eigenvalue weighted by Gasteiger charge is 2.48. The molecule has 124 valence electrons. The molecule has 1 aromatic carbocycles. The van der Waals surface area contributed by atoms with Gasteiger partial charge in [0.25, 0.3) is 0 Å². The Labute approximate surface area is 138 Å². The Morgan fingerprint density at radius 2 is 1.62 bits per heavy atom. The average molecular weight is 328 g/mol. The summed E-state index contributed by atoms with van der Waals surface area (Å²) >= 11 is 0. The lowest BCUT2D eigenvalue weighted by Crippen LogP contribution is -2.29. The highest BCUT2D eigenvalue weighted by atomic mass is 16.6. The smallest absolute Gasteiger partial charge is 0.346 e. The first-order valence-electron chi connectivity index (χ1n) is 8.11. The quantitative estimate of drug-likeness (QED) is 0.611. The third-order valence-electron chi connectivity index (χ3n) is 5.60. The van der Waals surface area contributed by atoms with Gasteiger partial charge in [-0.15, -0.1) is 0 Å². The number of carbonyl (C=O) groups excluding carboxylic acids is 4. The van der Waals surface area contributed by atoms with Crippen molar-refractivity contribution in [3.63, 3.8) is 0 Å². The largest absolute Gasteiger partial charge is 0.393 e. The zero-order valence-electron chi connectivity index (χ0n) is 13.1. The van der Waals surface area contributed by atoms with Crippen LogP contribution in [0, 0.1) is 17.8 Å². The summed E-state index contributed by atoms with van der Waals surface area (Å²) in [5.41, 5.74) is 1.53. The van der Waals surface area contributed by atoms with Crippen molar-refractivity contribution < 1.29 is 28.7 Å². The zero-order valence-corrected chi connectivity index (χ0v) is 13.1. The second-order valence-electron chi connectivity index (χ2n) is 6.80. The van der Waals surface area contributed by atoms with Crippen LogP contribution in [0.2, 0.25) is 0 Å². The molecule has 4 rings (SSSR count). The van der Waals surface area contributed by atoms with Crippen LogP contribution in [0.3, 0.4) is 0 Å². The Hall–Kier alpha value is -2.50. The minimum absolute atomic E-state index is 0.100. The van der Waals surface area contributed by atoms with E-state index < -0.39 is 23.9 Å². The molecule has 4 atom stereocenters. The number of ether oxygens (including phenoxy) is 2. The number of carbonyl (C=O) groups is 4. The van der Waals surface area contributed by atoms with Gasteiger partial charge in [-0.2, -0.15) is 0 Å². The van der Waals surface area contributed by atoms with Crippen LogP contribution in [0.25, 0.3) is 0 Å². The number of rotatable bonds is 2. The summed E-state index contributed by atoms with van der Waals surface area (Å²) in [5.74, 6) is -2.35. The number of cyclic esters (lactones) is 4. The molecule has 24 heavy (non-hydrogen) atoms. The van der Waals surface area contributed by atoms with Crippen LogP contribution in [-0.2, 0) is 19.1 Å². The lowest BCUT2D eigenvalue weighted by Gasteiger charge is -2.32. The van der Waals surface area contributed by atoms with Gasteiger partial charge in [-0.1, -0.05) is 13.0 Å². The topological polar surface area (TPSA) is 86.7 Å². The monoisotopic (exact) mass is 328 g/mol. The van der Waals surface area contributed by atoms with Crippen LogP contribution in [-0.4, -0.2) is 23.9 Å². The van der Waals surface area contributed by atoms with Gasteiger partial charge < -0.3 is 9.47 Å².